The first kappa shape index (κ1) is 17.1. The van der Waals surface area contributed by atoms with Gasteiger partial charge in [0, 0.05) is 41.3 Å². The normalized spacial score (nSPS) is 10.7. The fourth-order valence-corrected chi connectivity index (χ4v) is 2.94. The van der Waals surface area contributed by atoms with E-state index in [0.29, 0.717) is 16.5 Å². The lowest BCUT2D eigenvalue weighted by molar-refractivity contribution is -0.114. The van der Waals surface area contributed by atoms with E-state index < -0.39 is 0 Å². The summed E-state index contributed by atoms with van der Waals surface area (Å²) in [6, 6.07) is 15.0. The first-order valence-electron chi connectivity index (χ1n) is 8.33. The van der Waals surface area contributed by atoms with Gasteiger partial charge in [-0.3, -0.25) is 9.20 Å². The number of rotatable bonds is 4. The van der Waals surface area contributed by atoms with Crippen LogP contribution < -0.4 is 10.6 Å². The SMILES string of the molecule is CC(=O)Nc1ccc(Nc2nccn3c(-c4ccc(Cl)cc4)cnc23)cc1. The van der Waals surface area contributed by atoms with Crippen molar-refractivity contribution in [2.75, 3.05) is 10.6 Å². The third kappa shape index (κ3) is 3.61. The van der Waals surface area contributed by atoms with Crippen LogP contribution in [0.15, 0.2) is 67.1 Å². The highest BCUT2D eigenvalue weighted by atomic mass is 35.5. The molecular formula is C20H16ClN5O. The summed E-state index contributed by atoms with van der Waals surface area (Å²) >= 11 is 5.98. The molecule has 134 valence electrons. The second-order valence-corrected chi connectivity index (χ2v) is 6.44. The Morgan fingerprint density at radius 2 is 1.70 bits per heavy atom. The highest BCUT2D eigenvalue weighted by molar-refractivity contribution is 6.30. The predicted molar refractivity (Wildman–Crippen MR) is 107 cm³/mol. The summed E-state index contributed by atoms with van der Waals surface area (Å²) in [6.45, 7) is 1.48. The number of hydrogen-bond donors (Lipinski definition) is 2. The molecule has 1 amide bonds. The standard InChI is InChI=1S/C20H16ClN5O/c1-13(27)24-16-6-8-17(9-7-16)25-19-20-23-12-18(26(20)11-10-22-19)14-2-4-15(21)5-3-14/h2-12H,1H3,(H,22,25)(H,24,27). The molecule has 4 rings (SSSR count). The Kier molecular flexibility index (Phi) is 4.48. The number of amides is 1. The van der Waals surface area contributed by atoms with Gasteiger partial charge in [-0.15, -0.1) is 0 Å². The molecule has 7 heteroatoms. The molecule has 0 aliphatic rings. The molecule has 0 atom stereocenters. The molecule has 0 unspecified atom stereocenters. The molecule has 0 aliphatic carbocycles. The first-order chi connectivity index (χ1) is 13.1. The lowest BCUT2D eigenvalue weighted by Crippen LogP contribution is -2.05. The Balaban J connectivity index is 1.65. The van der Waals surface area contributed by atoms with Crippen LogP contribution >= 0.6 is 11.6 Å². The van der Waals surface area contributed by atoms with Gasteiger partial charge in [0.25, 0.3) is 0 Å². The van der Waals surface area contributed by atoms with E-state index in [1.807, 2.05) is 65.3 Å². The molecule has 0 fully saturated rings. The molecule has 0 saturated carbocycles. The van der Waals surface area contributed by atoms with Crippen molar-refractivity contribution < 1.29 is 4.79 Å². The zero-order valence-corrected chi connectivity index (χ0v) is 15.2. The van der Waals surface area contributed by atoms with Crippen molar-refractivity contribution >= 4 is 40.3 Å². The smallest absolute Gasteiger partial charge is 0.221 e. The van der Waals surface area contributed by atoms with Crippen LogP contribution in [-0.2, 0) is 4.79 Å². The maximum atomic E-state index is 11.1. The van der Waals surface area contributed by atoms with Crippen LogP contribution in [0.3, 0.4) is 0 Å². The van der Waals surface area contributed by atoms with Crippen molar-refractivity contribution in [2.45, 2.75) is 6.92 Å². The van der Waals surface area contributed by atoms with Crippen molar-refractivity contribution in [3.63, 3.8) is 0 Å². The quantitative estimate of drug-likeness (QED) is 0.538. The summed E-state index contributed by atoms with van der Waals surface area (Å²) in [7, 11) is 0. The monoisotopic (exact) mass is 377 g/mol. The lowest BCUT2D eigenvalue weighted by atomic mass is 10.2. The van der Waals surface area contributed by atoms with Gasteiger partial charge < -0.3 is 10.6 Å². The van der Waals surface area contributed by atoms with Crippen LogP contribution in [0.25, 0.3) is 16.9 Å². The minimum absolute atomic E-state index is 0.103. The van der Waals surface area contributed by atoms with Gasteiger partial charge in [0.15, 0.2) is 11.5 Å². The van der Waals surface area contributed by atoms with E-state index in [-0.39, 0.29) is 5.91 Å². The number of nitrogens with one attached hydrogen (secondary N) is 2. The number of hydrogen-bond acceptors (Lipinski definition) is 4. The van der Waals surface area contributed by atoms with Crippen molar-refractivity contribution in [3.05, 3.63) is 72.1 Å². The highest BCUT2D eigenvalue weighted by Gasteiger charge is 2.10. The van der Waals surface area contributed by atoms with Crippen LogP contribution in [0.4, 0.5) is 17.2 Å². The largest absolute Gasteiger partial charge is 0.337 e. The highest BCUT2D eigenvalue weighted by Crippen LogP contribution is 2.26. The molecule has 27 heavy (non-hydrogen) atoms. The average molecular weight is 378 g/mol. The molecule has 2 aromatic carbocycles. The van der Waals surface area contributed by atoms with E-state index in [9.17, 15) is 4.79 Å². The number of fused-ring (bicyclic) bond motifs is 1. The molecule has 0 bridgehead atoms. The molecule has 0 aliphatic heterocycles. The number of halogens is 1. The molecule has 0 spiro atoms. The third-order valence-corrected chi connectivity index (χ3v) is 4.29. The van der Waals surface area contributed by atoms with Crippen LogP contribution in [0.5, 0.6) is 0 Å². The summed E-state index contributed by atoms with van der Waals surface area (Å²) in [5, 5.41) is 6.71. The van der Waals surface area contributed by atoms with E-state index in [4.69, 9.17) is 11.6 Å². The summed E-state index contributed by atoms with van der Waals surface area (Å²) < 4.78 is 1.98. The molecule has 0 saturated heterocycles. The van der Waals surface area contributed by atoms with Crippen LogP contribution in [0, 0.1) is 0 Å². The fourth-order valence-electron chi connectivity index (χ4n) is 2.82. The number of carbonyl (C=O) groups excluding carboxylic acids is 1. The second-order valence-electron chi connectivity index (χ2n) is 6.00. The first-order valence-corrected chi connectivity index (χ1v) is 8.70. The van der Waals surface area contributed by atoms with E-state index in [0.717, 1.165) is 22.6 Å². The minimum Gasteiger partial charge on any atom is -0.337 e. The Labute approximate surface area is 160 Å². The maximum absolute atomic E-state index is 11.1. The molecule has 2 aromatic heterocycles. The van der Waals surface area contributed by atoms with Gasteiger partial charge in [0.1, 0.15) is 0 Å². The maximum Gasteiger partial charge on any atom is 0.221 e. The van der Waals surface area contributed by atoms with Gasteiger partial charge in [0.05, 0.1) is 11.9 Å². The zero-order chi connectivity index (χ0) is 18.8. The minimum atomic E-state index is -0.103. The third-order valence-electron chi connectivity index (χ3n) is 4.04. The molecule has 2 heterocycles. The Hall–Kier alpha value is -3.38. The van der Waals surface area contributed by atoms with Gasteiger partial charge in [-0.05, 0) is 36.4 Å². The Morgan fingerprint density at radius 3 is 2.41 bits per heavy atom. The molecule has 0 radical (unpaired) electrons. The van der Waals surface area contributed by atoms with Crippen molar-refractivity contribution in [1.82, 2.24) is 14.4 Å². The molecular weight excluding hydrogens is 362 g/mol. The fraction of sp³-hybridized carbons (Fsp3) is 0.0500. The van der Waals surface area contributed by atoms with Crippen LogP contribution in [0.2, 0.25) is 5.02 Å². The lowest BCUT2D eigenvalue weighted by Gasteiger charge is -2.09. The van der Waals surface area contributed by atoms with Gasteiger partial charge in [0.2, 0.25) is 5.91 Å². The molecule has 2 N–H and O–H groups in total. The summed E-state index contributed by atoms with van der Waals surface area (Å²) in [6.07, 6.45) is 5.41. The zero-order valence-electron chi connectivity index (χ0n) is 14.5. The van der Waals surface area contributed by atoms with Crippen LogP contribution in [-0.4, -0.2) is 20.3 Å². The number of aromatic nitrogens is 3. The Morgan fingerprint density at radius 1 is 1.00 bits per heavy atom. The predicted octanol–water partition coefficient (Wildman–Crippen LogP) is 4.75. The van der Waals surface area contributed by atoms with Crippen molar-refractivity contribution in [3.8, 4) is 11.3 Å². The van der Waals surface area contributed by atoms with E-state index in [1.54, 1.807) is 6.20 Å². The number of benzene rings is 2. The Bertz CT molecular complexity index is 1100. The second kappa shape index (κ2) is 7.09. The van der Waals surface area contributed by atoms with Crippen LogP contribution in [0.1, 0.15) is 6.92 Å². The summed E-state index contributed by atoms with van der Waals surface area (Å²) in [5.41, 5.74) is 4.27. The summed E-state index contributed by atoms with van der Waals surface area (Å²) in [4.78, 5) is 20.0. The summed E-state index contributed by atoms with van der Waals surface area (Å²) in [5.74, 6) is 0.541. The van der Waals surface area contributed by atoms with Gasteiger partial charge >= 0.3 is 0 Å². The van der Waals surface area contributed by atoms with Crippen molar-refractivity contribution in [1.29, 1.82) is 0 Å². The number of imidazole rings is 1. The number of carbonyl (C=O) groups is 1. The average Bonchev–Trinajstić information content (AvgIpc) is 3.09. The molecule has 6 nitrogen and oxygen atoms in total. The van der Waals surface area contributed by atoms with Gasteiger partial charge in [-0.1, -0.05) is 23.7 Å². The van der Waals surface area contributed by atoms with Crippen molar-refractivity contribution in [2.24, 2.45) is 0 Å². The topological polar surface area (TPSA) is 71.3 Å². The number of anilines is 3. The molecule has 4 aromatic rings. The van der Waals surface area contributed by atoms with E-state index in [2.05, 4.69) is 20.6 Å². The number of nitrogens with zero attached hydrogens (tertiary/aromatic N) is 3. The van der Waals surface area contributed by atoms with Gasteiger partial charge in [-0.25, -0.2) is 9.97 Å². The van der Waals surface area contributed by atoms with E-state index >= 15 is 0 Å². The van der Waals surface area contributed by atoms with E-state index in [1.165, 1.54) is 6.92 Å². The van der Waals surface area contributed by atoms with Gasteiger partial charge in [-0.2, -0.15) is 0 Å².